The molecule has 28 heavy (non-hydrogen) atoms. The van der Waals surface area contributed by atoms with Crippen LogP contribution in [0.5, 0.6) is 0 Å². The Bertz CT molecular complexity index is 968. The second kappa shape index (κ2) is 8.93. The first kappa shape index (κ1) is 19.3. The van der Waals surface area contributed by atoms with E-state index in [9.17, 15) is 5.11 Å². The third-order valence-corrected chi connectivity index (χ3v) is 4.23. The molecule has 0 aliphatic carbocycles. The highest BCUT2D eigenvalue weighted by molar-refractivity contribution is 5.66. The molecule has 2 heterocycles. The van der Waals surface area contributed by atoms with Crippen LogP contribution in [-0.4, -0.2) is 32.7 Å². The van der Waals surface area contributed by atoms with E-state index in [0.717, 1.165) is 5.69 Å². The molecular formula is C21H22N6O. The molecule has 1 aromatic carbocycles. The van der Waals surface area contributed by atoms with Gasteiger partial charge in [0.05, 0.1) is 35.7 Å². The SMILES string of the molecule is CC(C)[C@H](CO)Nc1nc(Nc2cccc(C#N)c2)cc(-c2ccccn2)n1. The number of aromatic nitrogens is 3. The number of anilines is 3. The van der Waals surface area contributed by atoms with Gasteiger partial charge in [0.15, 0.2) is 0 Å². The highest BCUT2D eigenvalue weighted by atomic mass is 16.3. The molecular weight excluding hydrogens is 352 g/mol. The minimum Gasteiger partial charge on any atom is -0.394 e. The predicted molar refractivity (Wildman–Crippen MR) is 109 cm³/mol. The molecule has 0 unspecified atom stereocenters. The van der Waals surface area contributed by atoms with Crippen LogP contribution in [-0.2, 0) is 0 Å². The Morgan fingerprint density at radius 2 is 1.93 bits per heavy atom. The highest BCUT2D eigenvalue weighted by Gasteiger charge is 2.15. The molecule has 3 rings (SSSR count). The zero-order valence-electron chi connectivity index (χ0n) is 15.8. The molecule has 0 aliphatic rings. The van der Waals surface area contributed by atoms with Crippen LogP contribution < -0.4 is 10.6 Å². The number of aliphatic hydroxyl groups excluding tert-OH is 1. The first-order valence-corrected chi connectivity index (χ1v) is 9.04. The van der Waals surface area contributed by atoms with Crippen LogP contribution in [0.2, 0.25) is 0 Å². The quantitative estimate of drug-likeness (QED) is 0.580. The molecule has 2 aromatic heterocycles. The van der Waals surface area contributed by atoms with Gasteiger partial charge in [-0.1, -0.05) is 26.0 Å². The molecule has 0 aliphatic heterocycles. The third-order valence-electron chi connectivity index (χ3n) is 4.23. The Kier molecular flexibility index (Phi) is 6.14. The van der Waals surface area contributed by atoms with Crippen molar-refractivity contribution in [2.45, 2.75) is 19.9 Å². The van der Waals surface area contributed by atoms with Gasteiger partial charge < -0.3 is 15.7 Å². The molecule has 0 spiro atoms. The van der Waals surface area contributed by atoms with Gasteiger partial charge in [0.25, 0.3) is 0 Å². The molecule has 142 valence electrons. The van der Waals surface area contributed by atoms with Crippen LogP contribution in [0.25, 0.3) is 11.4 Å². The van der Waals surface area contributed by atoms with Crippen molar-refractivity contribution in [2.24, 2.45) is 5.92 Å². The average Bonchev–Trinajstić information content (AvgIpc) is 2.72. The van der Waals surface area contributed by atoms with Crippen LogP contribution in [0.15, 0.2) is 54.7 Å². The molecule has 1 atom stereocenters. The highest BCUT2D eigenvalue weighted by Crippen LogP contribution is 2.23. The Labute approximate surface area is 164 Å². The summed E-state index contributed by atoms with van der Waals surface area (Å²) in [5.41, 5.74) is 2.67. The van der Waals surface area contributed by atoms with Crippen molar-refractivity contribution in [3.8, 4) is 17.5 Å². The van der Waals surface area contributed by atoms with Crippen molar-refractivity contribution in [3.05, 3.63) is 60.3 Å². The van der Waals surface area contributed by atoms with E-state index in [0.29, 0.717) is 28.7 Å². The van der Waals surface area contributed by atoms with Gasteiger partial charge in [-0.2, -0.15) is 10.2 Å². The number of nitrogens with zero attached hydrogens (tertiary/aromatic N) is 4. The van der Waals surface area contributed by atoms with E-state index >= 15 is 0 Å². The third kappa shape index (κ3) is 4.81. The summed E-state index contributed by atoms with van der Waals surface area (Å²) in [4.78, 5) is 13.4. The minimum atomic E-state index is -0.172. The van der Waals surface area contributed by atoms with Gasteiger partial charge in [0, 0.05) is 18.0 Å². The van der Waals surface area contributed by atoms with Gasteiger partial charge in [-0.15, -0.1) is 0 Å². The van der Waals surface area contributed by atoms with Crippen LogP contribution in [0.4, 0.5) is 17.5 Å². The molecule has 0 amide bonds. The molecule has 0 bridgehead atoms. The van der Waals surface area contributed by atoms with Crippen molar-refractivity contribution in [3.63, 3.8) is 0 Å². The van der Waals surface area contributed by atoms with Crippen LogP contribution in [0.3, 0.4) is 0 Å². The number of benzene rings is 1. The average molecular weight is 374 g/mol. The number of nitrogens with one attached hydrogen (secondary N) is 2. The maximum Gasteiger partial charge on any atom is 0.225 e. The van der Waals surface area contributed by atoms with E-state index in [1.165, 1.54) is 0 Å². The number of nitriles is 1. The minimum absolute atomic E-state index is 0.0260. The lowest BCUT2D eigenvalue weighted by atomic mass is 10.1. The maximum absolute atomic E-state index is 9.63. The van der Waals surface area contributed by atoms with E-state index in [1.807, 2.05) is 38.1 Å². The van der Waals surface area contributed by atoms with E-state index in [-0.39, 0.29) is 18.6 Å². The topological polar surface area (TPSA) is 107 Å². The fraction of sp³-hybridized carbons (Fsp3) is 0.238. The Hall–Kier alpha value is -3.50. The molecule has 7 nitrogen and oxygen atoms in total. The van der Waals surface area contributed by atoms with Crippen molar-refractivity contribution in [1.29, 1.82) is 5.26 Å². The normalized spacial score (nSPS) is 11.7. The summed E-state index contributed by atoms with van der Waals surface area (Å²) in [5, 5.41) is 25.1. The van der Waals surface area contributed by atoms with Crippen molar-refractivity contribution >= 4 is 17.5 Å². The van der Waals surface area contributed by atoms with Gasteiger partial charge in [-0.3, -0.25) is 4.98 Å². The molecule has 0 saturated heterocycles. The van der Waals surface area contributed by atoms with Gasteiger partial charge in [0.2, 0.25) is 5.95 Å². The number of pyridine rings is 1. The van der Waals surface area contributed by atoms with E-state index in [4.69, 9.17) is 5.26 Å². The van der Waals surface area contributed by atoms with E-state index in [2.05, 4.69) is 31.7 Å². The Balaban J connectivity index is 1.98. The lowest BCUT2D eigenvalue weighted by molar-refractivity contribution is 0.248. The summed E-state index contributed by atoms with van der Waals surface area (Å²) in [6.45, 7) is 4.01. The second-order valence-electron chi connectivity index (χ2n) is 6.67. The molecule has 3 aromatic rings. The molecule has 7 heteroatoms. The zero-order chi connectivity index (χ0) is 19.9. The van der Waals surface area contributed by atoms with Crippen molar-refractivity contribution in [2.75, 3.05) is 17.2 Å². The summed E-state index contributed by atoms with van der Waals surface area (Å²) in [6, 6.07) is 16.5. The Morgan fingerprint density at radius 1 is 1.07 bits per heavy atom. The number of hydrogen-bond acceptors (Lipinski definition) is 7. The second-order valence-corrected chi connectivity index (χ2v) is 6.67. The number of hydrogen-bond donors (Lipinski definition) is 3. The molecule has 3 N–H and O–H groups in total. The summed E-state index contributed by atoms with van der Waals surface area (Å²) >= 11 is 0. The van der Waals surface area contributed by atoms with Crippen molar-refractivity contribution < 1.29 is 5.11 Å². The predicted octanol–water partition coefficient (Wildman–Crippen LogP) is 3.58. The van der Waals surface area contributed by atoms with Crippen molar-refractivity contribution in [1.82, 2.24) is 15.0 Å². The first-order chi connectivity index (χ1) is 13.6. The lowest BCUT2D eigenvalue weighted by Gasteiger charge is -2.20. The zero-order valence-corrected chi connectivity index (χ0v) is 15.8. The summed E-state index contributed by atoms with van der Waals surface area (Å²) in [6.07, 6.45) is 1.71. The molecule has 0 radical (unpaired) electrons. The summed E-state index contributed by atoms with van der Waals surface area (Å²) < 4.78 is 0. The fourth-order valence-corrected chi connectivity index (χ4v) is 2.62. The fourth-order valence-electron chi connectivity index (χ4n) is 2.62. The van der Waals surface area contributed by atoms with E-state index in [1.54, 1.807) is 30.5 Å². The van der Waals surface area contributed by atoms with Gasteiger partial charge in [-0.05, 0) is 36.2 Å². The number of rotatable bonds is 7. The summed E-state index contributed by atoms with van der Waals surface area (Å²) in [7, 11) is 0. The molecule has 0 fully saturated rings. The Morgan fingerprint density at radius 3 is 2.61 bits per heavy atom. The first-order valence-electron chi connectivity index (χ1n) is 9.04. The maximum atomic E-state index is 9.63. The van der Waals surface area contributed by atoms with Gasteiger partial charge in [-0.25, -0.2) is 4.98 Å². The van der Waals surface area contributed by atoms with Crippen LogP contribution >= 0.6 is 0 Å². The van der Waals surface area contributed by atoms with Crippen LogP contribution in [0, 0.1) is 17.2 Å². The number of aliphatic hydroxyl groups is 1. The smallest absolute Gasteiger partial charge is 0.225 e. The monoisotopic (exact) mass is 374 g/mol. The lowest BCUT2D eigenvalue weighted by Crippen LogP contribution is -2.30. The summed E-state index contributed by atoms with van der Waals surface area (Å²) in [5.74, 6) is 1.17. The standard InChI is InChI=1S/C21H22N6O/c1-14(2)19(13-28)26-21-25-18(17-8-3-4-9-23-17)11-20(27-21)24-16-7-5-6-15(10-16)12-22/h3-11,14,19,28H,13H2,1-2H3,(H2,24,25,26,27)/t19-/m0/s1. The van der Waals surface area contributed by atoms with Gasteiger partial charge in [0.1, 0.15) is 5.82 Å². The molecule has 0 saturated carbocycles. The van der Waals surface area contributed by atoms with E-state index < -0.39 is 0 Å². The largest absolute Gasteiger partial charge is 0.394 e. The van der Waals surface area contributed by atoms with Crippen LogP contribution in [0.1, 0.15) is 19.4 Å². The van der Waals surface area contributed by atoms with Gasteiger partial charge >= 0.3 is 0 Å².